The number of aliphatic imine (C=N–C) groups is 1. The van der Waals surface area contributed by atoms with Crippen LogP contribution >= 0.6 is 0 Å². The molecule has 1 aliphatic heterocycles. The normalized spacial score (nSPS) is 14.2. The Kier molecular flexibility index (Phi) is 1.38. The van der Waals surface area contributed by atoms with Crippen LogP contribution in [0, 0.1) is 0 Å². The van der Waals surface area contributed by atoms with Gasteiger partial charge in [-0.3, -0.25) is 4.99 Å². The fourth-order valence-electron chi connectivity index (χ4n) is 2.60. The number of rotatable bonds is 0. The molecule has 3 aromatic rings. The van der Waals surface area contributed by atoms with E-state index in [1.165, 1.54) is 27.0 Å². The molecular weight excluding hydrogens is 196 g/mol. The average molecular weight is 206 g/mol. The first-order valence-corrected chi connectivity index (χ1v) is 5.46. The monoisotopic (exact) mass is 206 g/mol. The second kappa shape index (κ2) is 2.73. The minimum Gasteiger partial charge on any atom is -0.300 e. The molecule has 0 radical (unpaired) electrons. The van der Waals surface area contributed by atoms with Crippen LogP contribution in [-0.2, 0) is 0 Å². The number of hydrogen-bond donors (Lipinski definition) is 0. The summed E-state index contributed by atoms with van der Waals surface area (Å²) >= 11 is 0. The van der Waals surface area contributed by atoms with E-state index in [0.717, 1.165) is 6.54 Å². The van der Waals surface area contributed by atoms with Gasteiger partial charge in [-0.05, 0) is 17.5 Å². The van der Waals surface area contributed by atoms with Crippen molar-refractivity contribution in [3.63, 3.8) is 0 Å². The Labute approximate surface area is 92.5 Å². The second-order valence-electron chi connectivity index (χ2n) is 4.12. The van der Waals surface area contributed by atoms with Crippen molar-refractivity contribution in [2.24, 2.45) is 4.99 Å². The Bertz CT molecular complexity index is 773. The van der Waals surface area contributed by atoms with Gasteiger partial charge >= 0.3 is 0 Å². The molecule has 0 bridgehead atoms. The van der Waals surface area contributed by atoms with Crippen LogP contribution in [0.1, 0.15) is 0 Å². The molecule has 0 aliphatic carbocycles. The van der Waals surface area contributed by atoms with Gasteiger partial charge in [0, 0.05) is 10.8 Å². The standard InChI is InChI=1S/C14H10N2/c1-3-10-4-2-6-13-14(10)11(5-1)12-7-8-15-9-16(12)13/h1-7,9H,8H2. The summed E-state index contributed by atoms with van der Waals surface area (Å²) in [5, 5.41) is 5.27. The molecule has 0 saturated carbocycles. The molecule has 2 aromatic carbocycles. The van der Waals surface area contributed by atoms with Gasteiger partial charge < -0.3 is 4.57 Å². The van der Waals surface area contributed by atoms with Gasteiger partial charge in [-0.25, -0.2) is 0 Å². The summed E-state index contributed by atoms with van der Waals surface area (Å²) in [7, 11) is 0. The van der Waals surface area contributed by atoms with Crippen molar-refractivity contribution in [1.29, 1.82) is 0 Å². The van der Waals surface area contributed by atoms with Gasteiger partial charge in [-0.1, -0.05) is 30.3 Å². The molecule has 2 heteroatoms. The van der Waals surface area contributed by atoms with Crippen molar-refractivity contribution in [2.75, 3.05) is 6.54 Å². The molecule has 2 heterocycles. The summed E-state index contributed by atoms with van der Waals surface area (Å²) in [6.07, 6.45) is 4.12. The van der Waals surface area contributed by atoms with Gasteiger partial charge in [0.2, 0.25) is 0 Å². The van der Waals surface area contributed by atoms with Crippen LogP contribution in [0.15, 0.2) is 41.4 Å². The van der Waals surface area contributed by atoms with Crippen molar-refractivity contribution in [3.8, 4) is 0 Å². The molecular formula is C14H10N2. The van der Waals surface area contributed by atoms with Crippen LogP contribution in [0.25, 0.3) is 27.8 Å². The van der Waals surface area contributed by atoms with E-state index in [4.69, 9.17) is 0 Å². The Morgan fingerprint density at radius 2 is 1.94 bits per heavy atom. The molecule has 0 fully saturated rings. The van der Waals surface area contributed by atoms with Crippen LogP contribution in [0.2, 0.25) is 0 Å². The molecule has 0 atom stereocenters. The Balaban J connectivity index is 2.45. The largest absolute Gasteiger partial charge is 0.300 e. The van der Waals surface area contributed by atoms with E-state index in [0.29, 0.717) is 0 Å². The zero-order valence-electron chi connectivity index (χ0n) is 8.72. The van der Waals surface area contributed by atoms with Crippen LogP contribution in [0.5, 0.6) is 0 Å². The number of hydrogen-bond acceptors (Lipinski definition) is 1. The molecule has 0 unspecified atom stereocenters. The summed E-state index contributed by atoms with van der Waals surface area (Å²) < 4.78 is 2.18. The van der Waals surface area contributed by atoms with Crippen molar-refractivity contribution in [3.05, 3.63) is 41.7 Å². The highest BCUT2D eigenvalue weighted by atomic mass is 15.0. The third-order valence-corrected chi connectivity index (χ3v) is 3.26. The van der Waals surface area contributed by atoms with Crippen LogP contribution < -0.4 is 5.35 Å². The topological polar surface area (TPSA) is 17.3 Å². The maximum absolute atomic E-state index is 4.31. The highest BCUT2D eigenvalue weighted by molar-refractivity contribution is 6.11. The molecule has 4 rings (SSSR count). The lowest BCUT2D eigenvalue weighted by atomic mass is 10.1. The average Bonchev–Trinajstić information content (AvgIpc) is 2.68. The van der Waals surface area contributed by atoms with Crippen LogP contribution in [0.3, 0.4) is 0 Å². The predicted octanol–water partition coefficient (Wildman–Crippen LogP) is 2.18. The summed E-state index contributed by atoms with van der Waals surface area (Å²) in [5.41, 5.74) is 1.25. The predicted molar refractivity (Wildman–Crippen MR) is 67.9 cm³/mol. The number of benzene rings is 2. The van der Waals surface area contributed by atoms with Gasteiger partial charge in [0.1, 0.15) is 0 Å². The first-order chi connectivity index (χ1) is 7.95. The molecule has 16 heavy (non-hydrogen) atoms. The maximum Gasteiger partial charge on any atom is 0.0944 e. The lowest BCUT2D eigenvalue weighted by Crippen LogP contribution is -2.19. The minimum atomic E-state index is 0.788. The lowest BCUT2D eigenvalue weighted by Gasteiger charge is -2.01. The van der Waals surface area contributed by atoms with Gasteiger partial charge in [0.15, 0.2) is 0 Å². The summed E-state index contributed by atoms with van der Waals surface area (Å²) in [6, 6.07) is 12.9. The zero-order chi connectivity index (χ0) is 10.5. The SMILES string of the molecule is C1=NCC=c2c3cccc4cccc(c43)n21. The molecule has 0 saturated heterocycles. The summed E-state index contributed by atoms with van der Waals surface area (Å²) in [6.45, 7) is 0.788. The van der Waals surface area contributed by atoms with Crippen molar-refractivity contribution < 1.29 is 0 Å². The first kappa shape index (κ1) is 8.11. The van der Waals surface area contributed by atoms with E-state index >= 15 is 0 Å². The highest BCUT2D eigenvalue weighted by Crippen LogP contribution is 2.25. The quantitative estimate of drug-likeness (QED) is 0.536. The molecule has 0 amide bonds. The fraction of sp³-hybridized carbons (Fsp3) is 0.0714. The van der Waals surface area contributed by atoms with E-state index in [1.807, 2.05) is 6.34 Å². The van der Waals surface area contributed by atoms with E-state index in [9.17, 15) is 0 Å². The van der Waals surface area contributed by atoms with E-state index in [-0.39, 0.29) is 0 Å². The Morgan fingerprint density at radius 3 is 2.88 bits per heavy atom. The van der Waals surface area contributed by atoms with Crippen LogP contribution in [-0.4, -0.2) is 17.5 Å². The smallest absolute Gasteiger partial charge is 0.0944 e. The van der Waals surface area contributed by atoms with Crippen molar-refractivity contribution in [1.82, 2.24) is 4.57 Å². The fourth-order valence-corrected chi connectivity index (χ4v) is 2.60. The zero-order valence-corrected chi connectivity index (χ0v) is 8.72. The third kappa shape index (κ3) is 0.847. The van der Waals surface area contributed by atoms with Crippen molar-refractivity contribution >= 4 is 34.1 Å². The molecule has 2 nitrogen and oxygen atoms in total. The molecule has 0 N–H and O–H groups in total. The molecule has 76 valence electrons. The second-order valence-corrected chi connectivity index (χ2v) is 4.12. The van der Waals surface area contributed by atoms with Gasteiger partial charge in [-0.15, -0.1) is 0 Å². The van der Waals surface area contributed by atoms with Gasteiger partial charge in [-0.2, -0.15) is 0 Å². The van der Waals surface area contributed by atoms with Crippen molar-refractivity contribution in [2.45, 2.75) is 0 Å². The maximum atomic E-state index is 4.31. The summed E-state index contributed by atoms with van der Waals surface area (Å²) in [5.74, 6) is 0. The van der Waals surface area contributed by atoms with E-state index in [2.05, 4.69) is 52.0 Å². The third-order valence-electron chi connectivity index (χ3n) is 3.26. The number of fused-ring (bicyclic) bond motifs is 3. The van der Waals surface area contributed by atoms with Gasteiger partial charge in [0.05, 0.1) is 23.7 Å². The van der Waals surface area contributed by atoms with E-state index < -0.39 is 0 Å². The van der Waals surface area contributed by atoms with Gasteiger partial charge in [0.25, 0.3) is 0 Å². The number of aromatic nitrogens is 1. The molecule has 1 aromatic heterocycles. The minimum absolute atomic E-state index is 0.788. The highest BCUT2D eigenvalue weighted by Gasteiger charge is 2.10. The molecule has 1 aliphatic rings. The molecule has 0 spiro atoms. The lowest BCUT2D eigenvalue weighted by molar-refractivity contribution is 1.12. The Hall–Kier alpha value is -2.09. The Morgan fingerprint density at radius 1 is 1.06 bits per heavy atom. The number of nitrogens with zero attached hydrogens (tertiary/aromatic N) is 2. The summed E-state index contributed by atoms with van der Waals surface area (Å²) in [4.78, 5) is 4.31. The van der Waals surface area contributed by atoms with E-state index in [1.54, 1.807) is 0 Å². The van der Waals surface area contributed by atoms with Crippen LogP contribution in [0.4, 0.5) is 0 Å². The first-order valence-electron chi connectivity index (χ1n) is 5.46.